The standard InChI is InChI=1S/C24H28ClN5O3/c1-4-18(31)14-33-21-12-16-11-17(5-6-20(16)29(3)23(21)32)27-22-19(25)13-26-24(28-22)30-9-7-15(2)8-10-30/h5-6,11-13,15H,4,7-10,14H2,1-3H3,(H,26,27,28). The van der Waals surface area contributed by atoms with Crippen molar-refractivity contribution in [2.45, 2.75) is 33.1 Å². The van der Waals surface area contributed by atoms with E-state index in [0.717, 1.165) is 42.5 Å². The van der Waals surface area contributed by atoms with Crippen molar-refractivity contribution in [3.8, 4) is 5.75 Å². The molecule has 3 heterocycles. The number of ketones is 1. The van der Waals surface area contributed by atoms with E-state index in [-0.39, 0.29) is 23.7 Å². The molecule has 0 saturated carbocycles. The van der Waals surface area contributed by atoms with Crippen molar-refractivity contribution < 1.29 is 9.53 Å². The molecule has 0 radical (unpaired) electrons. The highest BCUT2D eigenvalue weighted by molar-refractivity contribution is 6.32. The SMILES string of the molecule is CCC(=O)COc1cc2cc(Nc3nc(N4CCC(C)CC4)ncc3Cl)ccc2n(C)c1=O. The Hall–Kier alpha value is -3.13. The summed E-state index contributed by atoms with van der Waals surface area (Å²) >= 11 is 6.38. The van der Waals surface area contributed by atoms with Crippen LogP contribution in [0.1, 0.15) is 33.1 Å². The van der Waals surface area contributed by atoms with E-state index in [9.17, 15) is 9.59 Å². The molecule has 9 heteroatoms. The van der Waals surface area contributed by atoms with Crippen LogP contribution in [0.15, 0.2) is 35.3 Å². The summed E-state index contributed by atoms with van der Waals surface area (Å²) in [5.74, 6) is 1.98. The highest BCUT2D eigenvalue weighted by Gasteiger charge is 2.19. The van der Waals surface area contributed by atoms with Gasteiger partial charge in [0.05, 0.1) is 11.7 Å². The van der Waals surface area contributed by atoms with Gasteiger partial charge in [0.15, 0.2) is 17.4 Å². The molecule has 0 spiro atoms. The van der Waals surface area contributed by atoms with Crippen molar-refractivity contribution in [2.75, 3.05) is 29.9 Å². The Balaban J connectivity index is 1.61. The van der Waals surface area contributed by atoms with Crippen molar-refractivity contribution in [3.05, 3.63) is 45.8 Å². The highest BCUT2D eigenvalue weighted by Crippen LogP contribution is 2.28. The number of carbonyl (C=O) groups excluding carboxylic acids is 1. The Kier molecular flexibility index (Phi) is 6.83. The van der Waals surface area contributed by atoms with Crippen molar-refractivity contribution >= 4 is 45.7 Å². The van der Waals surface area contributed by atoms with E-state index < -0.39 is 0 Å². The molecular formula is C24H28ClN5O3. The van der Waals surface area contributed by atoms with E-state index in [1.54, 1.807) is 26.2 Å². The molecular weight excluding hydrogens is 442 g/mol. The lowest BCUT2D eigenvalue weighted by Gasteiger charge is -2.30. The Bertz CT molecular complexity index is 1230. The van der Waals surface area contributed by atoms with Crippen LogP contribution in [-0.2, 0) is 11.8 Å². The van der Waals surface area contributed by atoms with Gasteiger partial charge in [-0.05, 0) is 43.0 Å². The maximum absolute atomic E-state index is 12.6. The Morgan fingerprint density at radius 2 is 2.03 bits per heavy atom. The maximum Gasteiger partial charge on any atom is 0.293 e. The maximum atomic E-state index is 12.6. The van der Waals surface area contributed by atoms with Gasteiger partial charge in [0.25, 0.3) is 5.56 Å². The molecule has 0 bridgehead atoms. The van der Waals surface area contributed by atoms with Crippen LogP contribution in [0.5, 0.6) is 5.75 Å². The predicted molar refractivity (Wildman–Crippen MR) is 131 cm³/mol. The van der Waals surface area contributed by atoms with Crippen LogP contribution in [0.2, 0.25) is 5.02 Å². The lowest BCUT2D eigenvalue weighted by Crippen LogP contribution is -2.34. The molecule has 33 heavy (non-hydrogen) atoms. The predicted octanol–water partition coefficient (Wildman–Crippen LogP) is 4.32. The third kappa shape index (κ3) is 5.11. The summed E-state index contributed by atoms with van der Waals surface area (Å²) in [5.41, 5.74) is 1.22. The molecule has 0 atom stereocenters. The summed E-state index contributed by atoms with van der Waals surface area (Å²) in [6, 6.07) is 7.27. The van der Waals surface area contributed by atoms with E-state index in [1.807, 2.05) is 18.2 Å². The first-order valence-electron chi connectivity index (χ1n) is 11.2. The van der Waals surface area contributed by atoms with Crippen molar-refractivity contribution in [3.63, 3.8) is 0 Å². The number of aryl methyl sites for hydroxylation is 1. The van der Waals surface area contributed by atoms with E-state index in [4.69, 9.17) is 16.3 Å². The average molecular weight is 470 g/mol. The second-order valence-corrected chi connectivity index (χ2v) is 8.90. The van der Waals surface area contributed by atoms with Gasteiger partial charge in [-0.1, -0.05) is 25.4 Å². The fraction of sp³-hybridized carbons (Fsp3) is 0.417. The molecule has 1 fully saturated rings. The number of anilines is 3. The molecule has 174 valence electrons. The summed E-state index contributed by atoms with van der Waals surface area (Å²) in [6.45, 7) is 5.76. The number of fused-ring (bicyclic) bond motifs is 1. The lowest BCUT2D eigenvalue weighted by molar-refractivity contribution is -0.120. The molecule has 0 amide bonds. The van der Waals surface area contributed by atoms with Crippen LogP contribution >= 0.6 is 11.6 Å². The van der Waals surface area contributed by atoms with Gasteiger partial charge >= 0.3 is 0 Å². The molecule has 4 rings (SSSR count). The number of halogens is 1. The number of piperidine rings is 1. The van der Waals surface area contributed by atoms with E-state index in [0.29, 0.717) is 29.1 Å². The molecule has 1 aliphatic heterocycles. The van der Waals surface area contributed by atoms with Gasteiger partial charge < -0.3 is 19.5 Å². The largest absolute Gasteiger partial charge is 0.480 e. The van der Waals surface area contributed by atoms with E-state index in [2.05, 4.69) is 27.1 Å². The van der Waals surface area contributed by atoms with Gasteiger partial charge in [-0.3, -0.25) is 9.59 Å². The number of ether oxygens (including phenoxy) is 1. The van der Waals surface area contributed by atoms with E-state index in [1.165, 1.54) is 4.57 Å². The Morgan fingerprint density at radius 1 is 1.27 bits per heavy atom. The number of nitrogens with zero attached hydrogens (tertiary/aromatic N) is 4. The molecule has 1 aliphatic rings. The molecule has 2 aromatic heterocycles. The van der Waals surface area contributed by atoms with Gasteiger partial charge in [0.2, 0.25) is 5.95 Å². The molecule has 8 nitrogen and oxygen atoms in total. The molecule has 1 saturated heterocycles. The van der Waals surface area contributed by atoms with Gasteiger partial charge in [0, 0.05) is 37.6 Å². The summed E-state index contributed by atoms with van der Waals surface area (Å²) < 4.78 is 7.01. The minimum absolute atomic E-state index is 0.0649. The van der Waals surface area contributed by atoms with Crippen molar-refractivity contribution in [1.29, 1.82) is 0 Å². The van der Waals surface area contributed by atoms with Gasteiger partial charge in [-0.25, -0.2) is 4.98 Å². The summed E-state index contributed by atoms with van der Waals surface area (Å²) in [6.07, 6.45) is 4.21. The zero-order valence-electron chi connectivity index (χ0n) is 19.1. The third-order valence-electron chi connectivity index (χ3n) is 6.03. The number of carbonyl (C=O) groups is 1. The monoisotopic (exact) mass is 469 g/mol. The van der Waals surface area contributed by atoms with Crippen molar-refractivity contribution in [2.24, 2.45) is 13.0 Å². The molecule has 1 aromatic carbocycles. The Morgan fingerprint density at radius 3 is 2.76 bits per heavy atom. The number of nitrogens with one attached hydrogen (secondary N) is 1. The number of hydrogen-bond donors (Lipinski definition) is 1. The quantitative estimate of drug-likeness (QED) is 0.551. The molecule has 0 unspecified atom stereocenters. The van der Waals surface area contributed by atoms with Gasteiger partial charge in [-0.15, -0.1) is 0 Å². The first-order valence-corrected chi connectivity index (χ1v) is 11.6. The fourth-order valence-corrected chi connectivity index (χ4v) is 3.98. The normalized spacial score (nSPS) is 14.5. The van der Waals surface area contributed by atoms with Gasteiger partial charge in [0.1, 0.15) is 11.6 Å². The average Bonchev–Trinajstić information content (AvgIpc) is 2.82. The third-order valence-corrected chi connectivity index (χ3v) is 6.31. The number of benzene rings is 1. The fourth-order valence-electron chi connectivity index (χ4n) is 3.84. The van der Waals surface area contributed by atoms with Crippen LogP contribution in [0.4, 0.5) is 17.5 Å². The summed E-state index contributed by atoms with van der Waals surface area (Å²) in [4.78, 5) is 35.5. The smallest absolute Gasteiger partial charge is 0.293 e. The summed E-state index contributed by atoms with van der Waals surface area (Å²) in [5, 5.41) is 4.48. The van der Waals surface area contributed by atoms with Crippen LogP contribution < -0.4 is 20.5 Å². The number of rotatable bonds is 7. The number of hydrogen-bond acceptors (Lipinski definition) is 7. The Labute approximate surface area is 197 Å². The zero-order valence-corrected chi connectivity index (χ0v) is 19.9. The second-order valence-electron chi connectivity index (χ2n) is 8.49. The van der Waals surface area contributed by atoms with Crippen molar-refractivity contribution in [1.82, 2.24) is 14.5 Å². The first-order chi connectivity index (χ1) is 15.9. The van der Waals surface area contributed by atoms with E-state index >= 15 is 0 Å². The molecule has 0 aliphatic carbocycles. The van der Waals surface area contributed by atoms with Crippen LogP contribution in [-0.4, -0.2) is 40.0 Å². The topological polar surface area (TPSA) is 89.3 Å². The van der Waals surface area contributed by atoms with Crippen LogP contribution in [0.25, 0.3) is 10.9 Å². The molecule has 1 N–H and O–H groups in total. The number of aromatic nitrogens is 3. The lowest BCUT2D eigenvalue weighted by atomic mass is 10.00. The van der Waals surface area contributed by atoms with Crippen LogP contribution in [0, 0.1) is 5.92 Å². The molecule has 3 aromatic rings. The minimum Gasteiger partial charge on any atom is -0.480 e. The zero-order chi connectivity index (χ0) is 23.5. The second kappa shape index (κ2) is 9.79. The van der Waals surface area contributed by atoms with Crippen LogP contribution in [0.3, 0.4) is 0 Å². The minimum atomic E-state index is -0.286. The highest BCUT2D eigenvalue weighted by atomic mass is 35.5. The number of Topliss-reactive ketones (excluding diaryl/α,β-unsaturated/α-hetero) is 1. The summed E-state index contributed by atoms with van der Waals surface area (Å²) in [7, 11) is 1.68. The number of pyridine rings is 1. The first kappa shape index (κ1) is 23.0. The van der Waals surface area contributed by atoms with Gasteiger partial charge in [-0.2, -0.15) is 4.98 Å².